The van der Waals surface area contributed by atoms with Gasteiger partial charge in [0.15, 0.2) is 5.78 Å². The zero-order valence-electron chi connectivity index (χ0n) is 12.8. The van der Waals surface area contributed by atoms with Crippen LogP contribution in [0, 0.1) is 0 Å². The zero-order valence-corrected chi connectivity index (χ0v) is 13.6. The molecule has 0 aromatic heterocycles. The molecule has 0 aromatic rings. The Balaban J connectivity index is 0.000000166. The second-order valence-corrected chi connectivity index (χ2v) is 5.48. The number of nitrogens with zero attached hydrogens (tertiary/aromatic N) is 1. The first-order valence-electron chi connectivity index (χ1n) is 7.49. The largest absolute Gasteiger partial charge is 0.295 e. The monoisotopic (exact) mass is 313 g/mol. The van der Waals surface area contributed by atoms with Crippen LogP contribution in [-0.4, -0.2) is 17.8 Å². The molecule has 2 nitrogen and oxygen atoms in total. The Morgan fingerprint density at radius 3 is 2.64 bits per heavy atom. The van der Waals surface area contributed by atoms with E-state index in [1.54, 1.807) is 18.5 Å². The van der Waals surface area contributed by atoms with Crippen LogP contribution >= 0.6 is 11.8 Å². The summed E-state index contributed by atoms with van der Waals surface area (Å²) in [5, 5.41) is 2.15. The summed E-state index contributed by atoms with van der Waals surface area (Å²) in [6, 6.07) is 0. The van der Waals surface area contributed by atoms with E-state index in [-0.39, 0.29) is 5.78 Å². The zero-order chi connectivity index (χ0) is 15.7. The topological polar surface area (TPSA) is 29.4 Å². The lowest BCUT2D eigenvalue weighted by atomic mass is 10.3. The highest BCUT2D eigenvalue weighted by atomic mass is 32.2. The van der Waals surface area contributed by atoms with Gasteiger partial charge in [-0.15, -0.1) is 11.8 Å². The Morgan fingerprint density at radius 1 is 0.864 bits per heavy atom. The first-order chi connectivity index (χ1) is 10.9. The van der Waals surface area contributed by atoms with Gasteiger partial charge in [-0.05, 0) is 36.8 Å². The first kappa shape index (κ1) is 18.2. The third-order valence-corrected chi connectivity index (χ3v) is 3.43. The SMILES string of the molecule is C1=CCC=CN=C1.C1=CCSC=CC1.O=C1C=CCC=CC1. The molecule has 0 bridgehead atoms. The smallest absolute Gasteiger partial charge is 0.159 e. The van der Waals surface area contributed by atoms with Crippen molar-refractivity contribution in [2.75, 3.05) is 5.75 Å². The molecule has 0 saturated heterocycles. The van der Waals surface area contributed by atoms with Crippen molar-refractivity contribution in [2.24, 2.45) is 4.99 Å². The number of carbonyl (C=O) groups is 1. The first-order valence-corrected chi connectivity index (χ1v) is 8.54. The summed E-state index contributed by atoms with van der Waals surface area (Å²) in [5.74, 6) is 1.36. The maximum Gasteiger partial charge on any atom is 0.159 e. The summed E-state index contributed by atoms with van der Waals surface area (Å²) in [6.45, 7) is 0. The van der Waals surface area contributed by atoms with Crippen LogP contribution in [0.5, 0.6) is 0 Å². The molecule has 22 heavy (non-hydrogen) atoms. The molecule has 0 radical (unpaired) electrons. The number of hydrogen-bond donors (Lipinski definition) is 0. The van der Waals surface area contributed by atoms with Gasteiger partial charge in [-0.3, -0.25) is 9.79 Å². The summed E-state index contributed by atoms with van der Waals surface area (Å²) in [4.78, 5) is 14.4. The summed E-state index contributed by atoms with van der Waals surface area (Å²) in [7, 11) is 0. The normalized spacial score (nSPS) is 18.5. The molecule has 3 aliphatic rings. The van der Waals surface area contributed by atoms with Gasteiger partial charge in [0.25, 0.3) is 0 Å². The van der Waals surface area contributed by atoms with Gasteiger partial charge in [-0.2, -0.15) is 0 Å². The summed E-state index contributed by atoms with van der Waals surface area (Å²) in [5.41, 5.74) is 0. The van der Waals surface area contributed by atoms with E-state index in [0.29, 0.717) is 6.42 Å². The molecule has 0 spiro atoms. The Bertz CT molecular complexity index is 482. The lowest BCUT2D eigenvalue weighted by Gasteiger charge is -1.78. The highest BCUT2D eigenvalue weighted by Crippen LogP contribution is 2.06. The molecule has 0 N–H and O–H groups in total. The van der Waals surface area contributed by atoms with Gasteiger partial charge in [0.2, 0.25) is 0 Å². The summed E-state index contributed by atoms with van der Waals surface area (Å²) >= 11 is 1.85. The molecular weight excluding hydrogens is 290 g/mol. The molecule has 2 aliphatic heterocycles. The van der Waals surface area contributed by atoms with Gasteiger partial charge in [-0.1, -0.05) is 48.6 Å². The van der Waals surface area contributed by atoms with Crippen LogP contribution in [0.2, 0.25) is 0 Å². The average molecular weight is 313 g/mol. The molecular formula is C19H23NOS. The Labute approximate surface area is 137 Å². The molecule has 116 valence electrons. The van der Waals surface area contributed by atoms with Crippen LogP contribution in [0.15, 0.2) is 77.4 Å². The standard InChI is InChI=1S/C7H8O.C6H7N.C6H8S/c8-7-5-3-1-2-4-6-7;2*1-2-4-6-7-5-3-1/h1,3-4,6H,2,5H2;1,3-6H,2H2;1,3-4,6H,2,5H2. The maximum absolute atomic E-state index is 10.5. The van der Waals surface area contributed by atoms with Crippen molar-refractivity contribution < 1.29 is 4.79 Å². The second kappa shape index (κ2) is 14.1. The van der Waals surface area contributed by atoms with Crippen molar-refractivity contribution in [1.29, 1.82) is 0 Å². The van der Waals surface area contributed by atoms with Crippen molar-refractivity contribution in [3.63, 3.8) is 0 Å². The van der Waals surface area contributed by atoms with E-state index in [4.69, 9.17) is 0 Å². The van der Waals surface area contributed by atoms with Crippen molar-refractivity contribution in [2.45, 2.75) is 25.7 Å². The van der Waals surface area contributed by atoms with Crippen LogP contribution in [-0.2, 0) is 4.79 Å². The van der Waals surface area contributed by atoms with Gasteiger partial charge in [0, 0.05) is 24.6 Å². The molecule has 1 aliphatic carbocycles. The predicted molar refractivity (Wildman–Crippen MR) is 99.3 cm³/mol. The summed E-state index contributed by atoms with van der Waals surface area (Å²) < 4.78 is 0. The van der Waals surface area contributed by atoms with Gasteiger partial charge in [0.1, 0.15) is 0 Å². The molecule has 0 amide bonds. The number of hydrogen-bond acceptors (Lipinski definition) is 3. The van der Waals surface area contributed by atoms with Gasteiger partial charge < -0.3 is 0 Å². The minimum Gasteiger partial charge on any atom is -0.295 e. The molecule has 0 aromatic carbocycles. The number of rotatable bonds is 0. The minimum atomic E-state index is 0.207. The molecule has 0 atom stereocenters. The Morgan fingerprint density at radius 2 is 1.68 bits per heavy atom. The maximum atomic E-state index is 10.5. The predicted octanol–water partition coefficient (Wildman–Crippen LogP) is 5.19. The summed E-state index contributed by atoms with van der Waals surface area (Å²) in [6.07, 6.45) is 27.2. The number of aliphatic imine (C=N–C) groups is 1. The molecule has 0 unspecified atom stereocenters. The fourth-order valence-corrected chi connectivity index (χ4v) is 2.16. The molecule has 3 rings (SSSR count). The third-order valence-electron chi connectivity index (χ3n) is 2.66. The highest BCUT2D eigenvalue weighted by Gasteiger charge is 1.92. The highest BCUT2D eigenvalue weighted by molar-refractivity contribution is 8.02. The van der Waals surface area contributed by atoms with Crippen LogP contribution in [0.3, 0.4) is 0 Å². The van der Waals surface area contributed by atoms with E-state index in [1.165, 1.54) is 0 Å². The fraction of sp³-hybridized carbons (Fsp3) is 0.263. The molecule has 0 saturated carbocycles. The number of carbonyl (C=O) groups excluding carboxylic acids is 1. The van der Waals surface area contributed by atoms with Crippen molar-refractivity contribution in [1.82, 2.24) is 0 Å². The van der Waals surface area contributed by atoms with Crippen LogP contribution in [0.1, 0.15) is 25.7 Å². The van der Waals surface area contributed by atoms with E-state index in [2.05, 4.69) is 34.7 Å². The van der Waals surface area contributed by atoms with E-state index < -0.39 is 0 Å². The Kier molecular flexibility index (Phi) is 11.6. The van der Waals surface area contributed by atoms with Gasteiger partial charge >= 0.3 is 0 Å². The quantitative estimate of drug-likeness (QED) is 0.576. The molecule has 3 heteroatoms. The third kappa shape index (κ3) is 11.9. The Hall–Kier alpha value is -1.87. The van der Waals surface area contributed by atoms with E-state index in [1.807, 2.05) is 42.1 Å². The number of thioether (sulfide) groups is 1. The second-order valence-electron chi connectivity index (χ2n) is 4.54. The lowest BCUT2D eigenvalue weighted by Crippen LogP contribution is -1.85. The van der Waals surface area contributed by atoms with Crippen molar-refractivity contribution >= 4 is 23.8 Å². The average Bonchev–Trinajstić information content (AvgIpc) is 3.08. The van der Waals surface area contributed by atoms with Gasteiger partial charge in [-0.25, -0.2) is 0 Å². The van der Waals surface area contributed by atoms with E-state index in [0.717, 1.165) is 25.0 Å². The van der Waals surface area contributed by atoms with Crippen molar-refractivity contribution in [3.8, 4) is 0 Å². The molecule has 0 fully saturated rings. The van der Waals surface area contributed by atoms with Crippen LogP contribution in [0.4, 0.5) is 0 Å². The molecule has 2 heterocycles. The lowest BCUT2D eigenvalue weighted by molar-refractivity contribution is -0.113. The van der Waals surface area contributed by atoms with Crippen LogP contribution < -0.4 is 0 Å². The van der Waals surface area contributed by atoms with Gasteiger partial charge in [0.05, 0.1) is 0 Å². The van der Waals surface area contributed by atoms with E-state index in [9.17, 15) is 4.79 Å². The minimum absolute atomic E-state index is 0.207. The number of allylic oxidation sites excluding steroid dienone is 9. The van der Waals surface area contributed by atoms with Crippen molar-refractivity contribution in [3.05, 3.63) is 72.4 Å². The van der Waals surface area contributed by atoms with E-state index >= 15 is 0 Å². The fourth-order valence-electron chi connectivity index (χ4n) is 1.56. The number of ketones is 1. The van der Waals surface area contributed by atoms with Crippen LogP contribution in [0.25, 0.3) is 0 Å².